The summed E-state index contributed by atoms with van der Waals surface area (Å²) < 4.78 is 82.4. The van der Waals surface area contributed by atoms with Gasteiger partial charge in [-0.3, -0.25) is 56.4 Å². The fourth-order valence-corrected chi connectivity index (χ4v) is 12.1. The van der Waals surface area contributed by atoms with Crippen LogP contribution in [0, 0.1) is 45.8 Å². The zero-order chi connectivity index (χ0) is 48.0. The van der Waals surface area contributed by atoms with Gasteiger partial charge in [-0.1, -0.05) is 39.0 Å². The average molecular weight is 977 g/mol. The largest absolute Gasteiger partial charge is 0.475 e. The molecule has 5 aromatic rings. The van der Waals surface area contributed by atoms with E-state index in [0.29, 0.717) is 23.1 Å². The zero-order valence-corrected chi connectivity index (χ0v) is 38.8. The lowest BCUT2D eigenvalue weighted by molar-refractivity contribution is -0.118. The fraction of sp³-hybridized carbons (Fsp3) is 0.512. The number of fused-ring (bicyclic) bond motifs is 4. The number of benzene rings is 1. The molecule has 358 valence electrons. The first-order valence-electron chi connectivity index (χ1n) is 21.6. The molecule has 9 rings (SSSR count). The molecule has 2 aliphatic carbocycles. The zero-order valence-electron chi connectivity index (χ0n) is 37.0. The van der Waals surface area contributed by atoms with E-state index in [1.807, 2.05) is 23.6 Å². The number of hydrogen-bond acceptors (Lipinski definition) is 20. The summed E-state index contributed by atoms with van der Waals surface area (Å²) in [7, 11) is -8.09. The molecule has 68 heavy (non-hydrogen) atoms. The van der Waals surface area contributed by atoms with Gasteiger partial charge in [0.25, 0.3) is 11.5 Å². The van der Waals surface area contributed by atoms with Gasteiger partial charge in [0.05, 0.1) is 70.2 Å². The Labute approximate surface area is 387 Å². The number of carbonyl (C=O) groups is 2. The molecule has 3 N–H and O–H groups in total. The van der Waals surface area contributed by atoms with Crippen LogP contribution in [0.1, 0.15) is 62.7 Å². The van der Waals surface area contributed by atoms with Crippen molar-refractivity contribution in [2.75, 3.05) is 44.2 Å². The van der Waals surface area contributed by atoms with Crippen molar-refractivity contribution >= 4 is 61.6 Å². The Bertz CT molecular complexity index is 2970. The highest BCUT2D eigenvalue weighted by molar-refractivity contribution is 7.48. The molecule has 3 unspecified atom stereocenters. The Hall–Kier alpha value is -5.82. The molecule has 25 nitrogen and oxygen atoms in total. The van der Waals surface area contributed by atoms with Crippen LogP contribution in [0.2, 0.25) is 0 Å². The maximum absolute atomic E-state index is 15.1. The smallest absolute Gasteiger partial charge is 0.376 e. The molecule has 2 bridgehead atoms. The Morgan fingerprint density at radius 2 is 1.66 bits per heavy atom. The van der Waals surface area contributed by atoms with E-state index in [2.05, 4.69) is 40.5 Å². The highest BCUT2D eigenvalue weighted by atomic mass is 31.2. The minimum absolute atomic E-state index is 0.0736. The molecule has 1 aromatic carbocycles. The van der Waals surface area contributed by atoms with E-state index in [9.17, 15) is 29.5 Å². The summed E-state index contributed by atoms with van der Waals surface area (Å²) in [5, 5.41) is 24.2. The molecule has 6 heterocycles. The topological polar surface area (TPSA) is 321 Å². The van der Waals surface area contributed by atoms with Gasteiger partial charge in [0.2, 0.25) is 11.9 Å². The molecule has 4 aliphatic rings. The van der Waals surface area contributed by atoms with Gasteiger partial charge in [0, 0.05) is 36.0 Å². The summed E-state index contributed by atoms with van der Waals surface area (Å²) in [5.74, 6) is -2.18. The lowest BCUT2D eigenvalue weighted by atomic mass is 9.94. The second kappa shape index (κ2) is 18.9. The number of imidazole rings is 2. The van der Waals surface area contributed by atoms with Gasteiger partial charge in [-0.15, -0.1) is 0 Å². The number of anilines is 2. The minimum atomic E-state index is -4.76. The third-order valence-electron chi connectivity index (χ3n) is 12.5. The third-order valence-corrected chi connectivity index (χ3v) is 15.4. The number of aromatic amines is 1. The van der Waals surface area contributed by atoms with Crippen LogP contribution in [0.25, 0.3) is 22.3 Å². The van der Waals surface area contributed by atoms with Crippen molar-refractivity contribution in [3.8, 4) is 12.1 Å². The Morgan fingerprint density at radius 3 is 2.37 bits per heavy atom. The summed E-state index contributed by atoms with van der Waals surface area (Å²) in [6.45, 7) is 3.55. The normalized spacial score (nSPS) is 31.2. The number of nitrogens with zero attached hydrogens (tertiary/aromatic N) is 9. The van der Waals surface area contributed by atoms with Crippen molar-refractivity contribution in [2.45, 2.75) is 76.7 Å². The van der Waals surface area contributed by atoms with Gasteiger partial charge in [-0.05, 0) is 24.5 Å². The Balaban J connectivity index is 1.09. The van der Waals surface area contributed by atoms with Crippen LogP contribution < -0.4 is 16.2 Å². The number of rotatable bonds is 13. The van der Waals surface area contributed by atoms with Gasteiger partial charge in [0.1, 0.15) is 24.6 Å². The number of phosphoric ester groups is 2. The number of hydrogen-bond donors (Lipinski definition) is 3. The van der Waals surface area contributed by atoms with Gasteiger partial charge in [-0.25, -0.2) is 29.1 Å². The summed E-state index contributed by atoms with van der Waals surface area (Å²) in [6.07, 6.45) is -2.11. The van der Waals surface area contributed by atoms with E-state index in [4.69, 9.17) is 36.6 Å². The summed E-state index contributed by atoms with van der Waals surface area (Å²) in [6, 6.07) is 12.0. The second-order valence-corrected chi connectivity index (χ2v) is 20.2. The molecular formula is C41H46N12O13P2. The molecule has 0 radical (unpaired) electrons. The first kappa shape index (κ1) is 47.3. The summed E-state index contributed by atoms with van der Waals surface area (Å²) in [4.78, 5) is 63.6. The number of methoxy groups -OCH3 is 1. The molecule has 1 spiro atoms. The molecule has 2 aliphatic heterocycles. The molecule has 2 saturated heterocycles. The van der Waals surface area contributed by atoms with Gasteiger partial charge >= 0.3 is 15.6 Å². The second-order valence-electron chi connectivity index (χ2n) is 17.0. The van der Waals surface area contributed by atoms with E-state index in [1.165, 1.54) is 24.3 Å². The monoisotopic (exact) mass is 976 g/mol. The van der Waals surface area contributed by atoms with Crippen molar-refractivity contribution in [3.63, 3.8) is 0 Å². The molecule has 27 heteroatoms. The lowest BCUT2D eigenvalue weighted by Crippen LogP contribution is -2.37. The maximum Gasteiger partial charge on any atom is 0.475 e. The van der Waals surface area contributed by atoms with Crippen molar-refractivity contribution in [2.24, 2.45) is 23.2 Å². The van der Waals surface area contributed by atoms with Crippen LogP contribution in [0.5, 0.6) is 0 Å². The van der Waals surface area contributed by atoms with E-state index in [-0.39, 0.29) is 61.5 Å². The van der Waals surface area contributed by atoms with E-state index >= 15 is 4.57 Å². The number of nitrogens with one attached hydrogen (secondary N) is 3. The number of aromatic nitrogens is 8. The predicted octanol–water partition coefficient (Wildman–Crippen LogP) is 4.81. The predicted molar refractivity (Wildman–Crippen MR) is 234 cm³/mol. The average Bonchev–Trinajstić information content (AvgIpc) is 3.60. The van der Waals surface area contributed by atoms with Gasteiger partial charge in [-0.2, -0.15) is 15.5 Å². The number of carbonyl (C=O) groups excluding carboxylic acids is 2. The quantitative estimate of drug-likeness (QED) is 0.105. The highest BCUT2D eigenvalue weighted by Gasteiger charge is 2.73. The number of nitriles is 2. The number of ether oxygens (including phenoxy) is 2. The first-order chi connectivity index (χ1) is 32.7. The Morgan fingerprint density at radius 1 is 0.956 bits per heavy atom. The minimum Gasteiger partial charge on any atom is -0.376 e. The number of H-pyrrole nitrogens is 1. The van der Waals surface area contributed by atoms with Crippen molar-refractivity contribution in [1.29, 1.82) is 10.5 Å². The van der Waals surface area contributed by atoms with E-state index < -0.39 is 93.6 Å². The van der Waals surface area contributed by atoms with E-state index in [0.717, 1.165) is 0 Å². The SMILES string of the molecule is CO[C@H]1[C@H]2OP(=O)(OCCC#N)OCC34C[C@@H]3[C@@H](n3cnc5c(NC(=O)c6ccccc6)ncnc53)[C@H](C)[C@@H]4OP(=O)(OCCC#N)OC[C@H]1O[C@H]2n1cnc2c(=O)[nH]c(NC(=O)C(C)C)nc21. The van der Waals surface area contributed by atoms with Gasteiger partial charge < -0.3 is 19.4 Å². The first-order valence-corrected chi connectivity index (χ1v) is 24.5. The summed E-state index contributed by atoms with van der Waals surface area (Å²) in [5.41, 5.74) is -0.889. The molecular weight excluding hydrogens is 930 g/mol. The molecule has 2 saturated carbocycles. The fourth-order valence-electron chi connectivity index (χ4n) is 9.19. The highest BCUT2D eigenvalue weighted by Crippen LogP contribution is 2.74. The number of phosphoric acid groups is 2. The van der Waals surface area contributed by atoms with Crippen LogP contribution in [-0.2, 0) is 50.5 Å². The van der Waals surface area contributed by atoms with Crippen LogP contribution in [-0.4, -0.2) is 109 Å². The lowest BCUT2D eigenvalue weighted by Gasteiger charge is -2.32. The van der Waals surface area contributed by atoms with Crippen molar-refractivity contribution in [3.05, 3.63) is 65.2 Å². The van der Waals surface area contributed by atoms with Crippen LogP contribution in [0.3, 0.4) is 0 Å². The van der Waals surface area contributed by atoms with Gasteiger partial charge in [0.15, 0.2) is 34.4 Å². The molecule has 4 aromatic heterocycles. The third kappa shape index (κ3) is 8.87. The van der Waals surface area contributed by atoms with Crippen LogP contribution in [0.4, 0.5) is 11.8 Å². The van der Waals surface area contributed by atoms with E-state index in [1.54, 1.807) is 50.5 Å². The maximum atomic E-state index is 15.1. The molecule has 2 amide bonds. The van der Waals surface area contributed by atoms with Crippen molar-refractivity contribution in [1.82, 2.24) is 39.0 Å². The standard InChI is InChI=1S/C41H46N12O13P2/c1-22(2)36(54)50-40-49-35-28(38(56)51-40)47-21-53(35)39-31-30(59-4)26(64-39)17-62-67(57,60-14-8-12-42)66-32-23(3)29(25-16-41(25,32)18-63-68(58,65-31)61-15-9-13-43)52-20-46-27-33(44-19-45-34(27)52)48-37(55)24-10-6-5-7-11-24/h5-7,10-11,19-23,25-26,29-32,39H,8-9,14-18H2,1-4H3,(H,44,45,48,55)(H2,49,50,51,54,56)/t23-,25+,26+,29-,30+,31+,32-,39+,41?,67?,68?/m0/s1. The van der Waals surface area contributed by atoms with Crippen LogP contribution in [0.15, 0.2) is 54.1 Å². The summed E-state index contributed by atoms with van der Waals surface area (Å²) >= 11 is 0. The molecule has 4 fully saturated rings. The molecule has 11 atom stereocenters. The van der Waals surface area contributed by atoms with Crippen LogP contribution >= 0.6 is 15.6 Å². The number of amides is 2. The Kier molecular flexibility index (Phi) is 13.2. The van der Waals surface area contributed by atoms with Crippen molar-refractivity contribution < 1.29 is 55.3 Å².